The van der Waals surface area contributed by atoms with Crippen LogP contribution in [0, 0.1) is 0 Å². The van der Waals surface area contributed by atoms with Gasteiger partial charge in [-0.2, -0.15) is 16.8 Å². The average molecular weight is 597 g/mol. The van der Waals surface area contributed by atoms with Crippen LogP contribution in [0.3, 0.4) is 0 Å². The third-order valence-corrected chi connectivity index (χ3v) is 5.85. The molecule has 1 heterocycles. The van der Waals surface area contributed by atoms with Crippen LogP contribution in [0.5, 0.6) is 34.5 Å². The number of phenolic OH excluding ortho intramolecular Hbond substituents is 3. The molecule has 4 rings (SSSR count). The van der Waals surface area contributed by atoms with Crippen molar-refractivity contribution in [1.82, 2.24) is 0 Å². The van der Waals surface area contributed by atoms with Crippen molar-refractivity contribution in [3.8, 4) is 34.5 Å². The average Bonchev–Trinajstić information content (AvgIpc) is 2.85. The molecule has 40 heavy (non-hydrogen) atoms. The van der Waals surface area contributed by atoms with Gasteiger partial charge in [-0.05, 0) is 59.7 Å². The number of hydrogen-bond acceptors (Lipinski definition) is 12. The number of aromatic hydroxyl groups is 3. The minimum atomic E-state index is -4.70. The molecule has 0 bridgehead atoms. The summed E-state index contributed by atoms with van der Waals surface area (Å²) in [4.78, 5) is 0. The SMILES string of the molecule is O=S(=O)(O)OC=Cc1ccc(O[C@@H]2Oc3cc(C=COS(=O)(=O)O)ccc3O[C@@H]2c2ccc(O)c(O)c2)c(O)c1. The third kappa shape index (κ3) is 7.48. The van der Waals surface area contributed by atoms with Crippen molar-refractivity contribution >= 4 is 33.0 Å². The fraction of sp³-hybridized carbons (Fsp3) is 0.0833. The molecule has 3 aromatic rings. The van der Waals surface area contributed by atoms with Crippen molar-refractivity contribution in [1.29, 1.82) is 0 Å². The maximum Gasteiger partial charge on any atom is 0.445 e. The summed E-state index contributed by atoms with van der Waals surface area (Å²) in [6.07, 6.45) is 1.48. The lowest BCUT2D eigenvalue weighted by Gasteiger charge is -2.34. The van der Waals surface area contributed by atoms with E-state index in [1.54, 1.807) is 0 Å². The fourth-order valence-corrected chi connectivity index (χ4v) is 3.83. The van der Waals surface area contributed by atoms with Crippen LogP contribution in [-0.4, -0.2) is 47.6 Å². The van der Waals surface area contributed by atoms with Gasteiger partial charge in [0.05, 0.1) is 0 Å². The Morgan fingerprint density at radius 3 is 1.90 bits per heavy atom. The van der Waals surface area contributed by atoms with Crippen molar-refractivity contribution in [3.05, 3.63) is 83.8 Å². The van der Waals surface area contributed by atoms with Crippen LogP contribution in [0.4, 0.5) is 0 Å². The summed E-state index contributed by atoms with van der Waals surface area (Å²) in [6.45, 7) is 0. The zero-order chi connectivity index (χ0) is 29.1. The van der Waals surface area contributed by atoms with E-state index in [9.17, 15) is 32.2 Å². The lowest BCUT2D eigenvalue weighted by Crippen LogP contribution is -2.37. The Morgan fingerprint density at radius 1 is 0.675 bits per heavy atom. The summed E-state index contributed by atoms with van der Waals surface area (Å²) < 4.78 is 86.3. The van der Waals surface area contributed by atoms with Gasteiger partial charge in [0, 0.05) is 5.56 Å². The van der Waals surface area contributed by atoms with Gasteiger partial charge in [0.15, 0.2) is 40.6 Å². The summed E-state index contributed by atoms with van der Waals surface area (Å²) in [6, 6.07) is 12.4. The van der Waals surface area contributed by atoms with Gasteiger partial charge in [-0.1, -0.05) is 18.2 Å². The molecule has 0 aromatic heterocycles. The molecular weight excluding hydrogens is 576 g/mol. The molecule has 0 radical (unpaired) electrons. The van der Waals surface area contributed by atoms with Gasteiger partial charge in [0.2, 0.25) is 0 Å². The summed E-state index contributed by atoms with van der Waals surface area (Å²) in [7, 11) is -9.39. The van der Waals surface area contributed by atoms with Crippen molar-refractivity contribution in [2.45, 2.75) is 12.4 Å². The number of fused-ring (bicyclic) bond motifs is 1. The number of ether oxygens (including phenoxy) is 3. The Morgan fingerprint density at radius 2 is 1.30 bits per heavy atom. The van der Waals surface area contributed by atoms with E-state index < -0.39 is 44.7 Å². The first kappa shape index (κ1) is 28.4. The van der Waals surface area contributed by atoms with E-state index in [2.05, 4.69) is 8.37 Å². The molecule has 1 aliphatic heterocycles. The van der Waals surface area contributed by atoms with Crippen molar-refractivity contribution in [2.75, 3.05) is 0 Å². The van der Waals surface area contributed by atoms with Crippen molar-refractivity contribution in [3.63, 3.8) is 0 Å². The molecule has 3 aromatic carbocycles. The second-order valence-electron chi connectivity index (χ2n) is 7.98. The lowest BCUT2D eigenvalue weighted by atomic mass is 10.1. The highest BCUT2D eigenvalue weighted by atomic mass is 32.3. The Labute approximate surface area is 227 Å². The van der Waals surface area contributed by atoms with Crippen LogP contribution in [0.1, 0.15) is 22.8 Å². The quantitative estimate of drug-likeness (QED) is 0.136. The standard InChI is InChI=1S/C24H20O14S2/c25-17-4-3-16(13-18(17)26)23-24(37-20-5-1-14(11-19(20)27)7-9-34-39(28,29)30)38-22-12-15(2-6-21(22)36-23)8-10-35-40(31,32)33/h1-13,23-27H,(H,28,29,30)(H,31,32,33)/t23-,24-/m1/s1. The molecule has 212 valence electrons. The summed E-state index contributed by atoms with van der Waals surface area (Å²) in [5.74, 6) is -0.920. The van der Waals surface area contributed by atoms with E-state index in [-0.39, 0.29) is 28.6 Å². The van der Waals surface area contributed by atoms with Crippen LogP contribution >= 0.6 is 0 Å². The highest BCUT2D eigenvalue weighted by molar-refractivity contribution is 7.81. The highest BCUT2D eigenvalue weighted by Crippen LogP contribution is 2.43. The topological polar surface area (TPSA) is 216 Å². The third-order valence-electron chi connectivity index (χ3n) is 5.14. The van der Waals surface area contributed by atoms with Gasteiger partial charge in [-0.3, -0.25) is 9.11 Å². The second-order valence-corrected chi connectivity index (χ2v) is 10.1. The number of phenols is 3. The maximum atomic E-state index is 10.7. The first-order chi connectivity index (χ1) is 18.8. The molecule has 1 aliphatic rings. The molecule has 0 saturated heterocycles. The highest BCUT2D eigenvalue weighted by Gasteiger charge is 2.36. The first-order valence-electron chi connectivity index (χ1n) is 10.9. The minimum absolute atomic E-state index is 0.0875. The van der Waals surface area contributed by atoms with Crippen LogP contribution in [0.25, 0.3) is 12.2 Å². The van der Waals surface area contributed by atoms with Gasteiger partial charge < -0.3 is 37.9 Å². The Bertz CT molecular complexity index is 1680. The number of hydrogen-bond donors (Lipinski definition) is 5. The normalized spacial score (nSPS) is 17.1. The van der Waals surface area contributed by atoms with Crippen LogP contribution < -0.4 is 14.2 Å². The van der Waals surface area contributed by atoms with E-state index in [1.807, 2.05) is 0 Å². The molecule has 16 heteroatoms. The smallest absolute Gasteiger partial charge is 0.445 e. The Hall–Kier alpha value is -4.64. The second kappa shape index (κ2) is 11.2. The fourth-order valence-electron chi connectivity index (χ4n) is 3.44. The molecule has 2 atom stereocenters. The van der Waals surface area contributed by atoms with E-state index >= 15 is 0 Å². The zero-order valence-corrected chi connectivity index (χ0v) is 21.5. The molecule has 0 aliphatic carbocycles. The van der Waals surface area contributed by atoms with E-state index in [1.165, 1.54) is 60.7 Å². The van der Waals surface area contributed by atoms with E-state index in [0.29, 0.717) is 17.4 Å². The van der Waals surface area contributed by atoms with Crippen LogP contribution in [0.2, 0.25) is 0 Å². The molecule has 0 saturated carbocycles. The Balaban J connectivity index is 1.63. The van der Waals surface area contributed by atoms with Crippen molar-refractivity contribution in [2.24, 2.45) is 0 Å². The predicted octanol–water partition coefficient (Wildman–Crippen LogP) is 3.30. The zero-order valence-electron chi connectivity index (χ0n) is 19.9. The molecule has 0 amide bonds. The van der Waals surface area contributed by atoms with E-state index in [0.717, 1.165) is 12.3 Å². The van der Waals surface area contributed by atoms with Crippen LogP contribution in [0.15, 0.2) is 67.1 Å². The summed E-state index contributed by atoms with van der Waals surface area (Å²) in [5, 5.41) is 30.2. The summed E-state index contributed by atoms with van der Waals surface area (Å²) in [5.41, 5.74) is 0.998. The van der Waals surface area contributed by atoms with Crippen molar-refractivity contribution < 1.29 is 63.8 Å². The Kier molecular flexibility index (Phi) is 7.96. The monoisotopic (exact) mass is 596 g/mol. The first-order valence-corrected chi connectivity index (χ1v) is 13.6. The number of rotatable bonds is 9. The molecule has 14 nitrogen and oxygen atoms in total. The molecule has 5 N–H and O–H groups in total. The van der Waals surface area contributed by atoms with E-state index in [4.69, 9.17) is 23.3 Å². The van der Waals surface area contributed by atoms with Gasteiger partial charge in [-0.15, -0.1) is 0 Å². The molecular formula is C24H20O14S2. The van der Waals surface area contributed by atoms with Gasteiger partial charge in [0.1, 0.15) is 12.5 Å². The molecule has 0 spiro atoms. The van der Waals surface area contributed by atoms with Gasteiger partial charge in [0.25, 0.3) is 6.29 Å². The summed E-state index contributed by atoms with van der Waals surface area (Å²) >= 11 is 0. The molecule has 0 fully saturated rings. The number of benzene rings is 3. The lowest BCUT2D eigenvalue weighted by molar-refractivity contribution is -0.0988. The predicted molar refractivity (Wildman–Crippen MR) is 136 cm³/mol. The molecule has 0 unspecified atom stereocenters. The minimum Gasteiger partial charge on any atom is -0.504 e. The largest absolute Gasteiger partial charge is 0.504 e. The van der Waals surface area contributed by atoms with Gasteiger partial charge >= 0.3 is 20.8 Å². The maximum absolute atomic E-state index is 10.7. The van der Waals surface area contributed by atoms with Gasteiger partial charge in [-0.25, -0.2) is 0 Å². The van der Waals surface area contributed by atoms with Crippen LogP contribution in [-0.2, 0) is 29.2 Å².